The van der Waals surface area contributed by atoms with Crippen LogP contribution in [-0.4, -0.2) is 27.2 Å². The van der Waals surface area contributed by atoms with Gasteiger partial charge in [0.05, 0.1) is 16.2 Å². The Morgan fingerprint density at radius 3 is 1.50 bits per heavy atom. The molecule has 0 radical (unpaired) electrons. The molecule has 0 atom stereocenters. The molecule has 0 fully saturated rings. The molecule has 0 spiro atoms. The third-order valence-corrected chi connectivity index (χ3v) is 9.25. The van der Waals surface area contributed by atoms with Crippen molar-refractivity contribution in [1.82, 2.24) is 0 Å². The van der Waals surface area contributed by atoms with Crippen LogP contribution in [0.25, 0.3) is 65.4 Å². The van der Waals surface area contributed by atoms with Gasteiger partial charge in [0.1, 0.15) is 22.1 Å². The zero-order valence-corrected chi connectivity index (χ0v) is 25.7. The fourth-order valence-electron chi connectivity index (χ4n) is 6.85. The molecule has 0 unspecified atom stereocenters. The Hall–Kier alpha value is -6.82. The van der Waals surface area contributed by atoms with Crippen molar-refractivity contribution in [3.8, 4) is 46.0 Å². The lowest BCUT2D eigenvalue weighted by molar-refractivity contribution is 0.173. The minimum atomic E-state index is -0.141. The van der Waals surface area contributed by atoms with Gasteiger partial charge in [-0.2, -0.15) is 0 Å². The fraction of sp³-hybridized carbons (Fsp3) is 0.105. The first-order valence-electron chi connectivity index (χ1n) is 15.6. The van der Waals surface area contributed by atoms with E-state index in [-0.39, 0.29) is 38.0 Å². The van der Waals surface area contributed by atoms with Crippen LogP contribution in [-0.2, 0) is 0 Å². The molecule has 0 amide bonds. The number of benzene rings is 6. The number of fused-ring (bicyclic) bond motifs is 12. The summed E-state index contributed by atoms with van der Waals surface area (Å²) >= 11 is 0. The van der Waals surface area contributed by atoms with Crippen molar-refractivity contribution in [2.75, 3.05) is 27.2 Å². The van der Waals surface area contributed by atoms with Gasteiger partial charge in [0.2, 0.25) is 43.8 Å². The summed E-state index contributed by atoms with van der Waals surface area (Å²) in [5.41, 5.74) is 1.65. The minimum absolute atomic E-state index is 0.103. The van der Waals surface area contributed by atoms with E-state index in [1.54, 1.807) is 24.3 Å². The Morgan fingerprint density at radius 1 is 0.380 bits per heavy atom. The van der Waals surface area contributed by atoms with E-state index < -0.39 is 0 Å². The third-order valence-electron chi connectivity index (χ3n) is 9.25. The zero-order chi connectivity index (χ0) is 33.1. The molecule has 0 bridgehead atoms. The van der Waals surface area contributed by atoms with Crippen LogP contribution in [0.3, 0.4) is 0 Å². The van der Waals surface area contributed by atoms with Crippen LogP contribution in [0.1, 0.15) is 0 Å². The molecule has 0 saturated carbocycles. The van der Waals surface area contributed by atoms with Crippen LogP contribution in [0.2, 0.25) is 0 Å². The highest BCUT2D eigenvalue weighted by molar-refractivity contribution is 6.03. The van der Waals surface area contributed by atoms with E-state index in [0.717, 1.165) is 21.5 Å². The molecule has 12 nitrogen and oxygen atoms in total. The van der Waals surface area contributed by atoms with Gasteiger partial charge in [0, 0.05) is 0 Å². The van der Waals surface area contributed by atoms with Crippen molar-refractivity contribution in [3.05, 3.63) is 93.2 Å². The maximum Gasteiger partial charge on any atom is 0.231 e. The molecule has 12 rings (SSSR count). The molecule has 12 heteroatoms. The summed E-state index contributed by atoms with van der Waals surface area (Å²) in [6.45, 7) is 0.635. The third kappa shape index (κ3) is 3.86. The lowest BCUT2D eigenvalue weighted by atomic mass is 10.0. The first kappa shape index (κ1) is 27.2. The highest BCUT2D eigenvalue weighted by Crippen LogP contribution is 2.43. The molecule has 50 heavy (non-hydrogen) atoms. The summed E-state index contributed by atoms with van der Waals surface area (Å²) < 4.78 is 55.3. The van der Waals surface area contributed by atoms with Crippen LogP contribution in [0, 0.1) is 0 Å². The molecule has 6 heterocycles. The Kier molecular flexibility index (Phi) is 5.36. The Morgan fingerprint density at radius 2 is 0.860 bits per heavy atom. The molecule has 0 aliphatic carbocycles. The maximum atomic E-state index is 13.1. The van der Waals surface area contributed by atoms with Crippen LogP contribution in [0.15, 0.2) is 91.2 Å². The highest BCUT2D eigenvalue weighted by Gasteiger charge is 2.24. The molecular formula is C38H20O12. The van der Waals surface area contributed by atoms with Crippen molar-refractivity contribution in [3.63, 3.8) is 0 Å². The monoisotopic (exact) mass is 668 g/mol. The van der Waals surface area contributed by atoms with Gasteiger partial charge in [-0.15, -0.1) is 0 Å². The highest BCUT2D eigenvalue weighted by atomic mass is 16.7. The molecule has 6 aromatic carbocycles. The first-order valence-corrected chi connectivity index (χ1v) is 15.6. The van der Waals surface area contributed by atoms with Crippen molar-refractivity contribution < 1.29 is 46.7 Å². The molecule has 2 aromatic heterocycles. The smallest absolute Gasteiger partial charge is 0.231 e. The van der Waals surface area contributed by atoms with Gasteiger partial charge in [0.15, 0.2) is 45.8 Å². The van der Waals surface area contributed by atoms with Crippen molar-refractivity contribution in [2.45, 2.75) is 0 Å². The predicted octanol–water partition coefficient (Wildman–Crippen LogP) is 7.11. The topological polar surface area (TPSA) is 134 Å². The second kappa shape index (κ2) is 9.86. The maximum absolute atomic E-state index is 13.1. The fourth-order valence-corrected chi connectivity index (χ4v) is 6.85. The van der Waals surface area contributed by atoms with Crippen molar-refractivity contribution in [2.24, 2.45) is 0 Å². The summed E-state index contributed by atoms with van der Waals surface area (Å²) in [6.07, 6.45) is 0. The van der Waals surface area contributed by atoms with Gasteiger partial charge < -0.3 is 46.7 Å². The van der Waals surface area contributed by atoms with Gasteiger partial charge in [-0.1, -0.05) is 0 Å². The summed E-state index contributed by atoms with van der Waals surface area (Å²) in [5, 5.41) is 5.47. The van der Waals surface area contributed by atoms with Crippen molar-refractivity contribution in [1.29, 1.82) is 0 Å². The molecule has 0 N–H and O–H groups in total. The average Bonchev–Trinajstić information content (AvgIpc) is 3.96. The van der Waals surface area contributed by atoms with E-state index in [4.69, 9.17) is 46.7 Å². The molecular weight excluding hydrogens is 648 g/mol. The van der Waals surface area contributed by atoms with Crippen LogP contribution < -0.4 is 48.8 Å². The van der Waals surface area contributed by atoms with Gasteiger partial charge >= 0.3 is 0 Å². The quantitative estimate of drug-likeness (QED) is 0.152. The van der Waals surface area contributed by atoms with Crippen molar-refractivity contribution >= 4 is 65.4 Å². The van der Waals surface area contributed by atoms with Crippen LogP contribution >= 0.6 is 0 Å². The van der Waals surface area contributed by atoms with Crippen LogP contribution in [0.5, 0.6) is 46.0 Å². The summed E-state index contributed by atoms with van der Waals surface area (Å²) in [7, 11) is 0. The zero-order valence-electron chi connectivity index (χ0n) is 25.7. The largest absolute Gasteiger partial charge is 0.456 e. The lowest BCUT2D eigenvalue weighted by Crippen LogP contribution is -2.03. The molecule has 244 valence electrons. The van der Waals surface area contributed by atoms with Crippen LogP contribution in [0.4, 0.5) is 0 Å². The summed E-state index contributed by atoms with van der Waals surface area (Å²) in [5.74, 6) is 4.80. The number of rotatable bonds is 0. The van der Waals surface area contributed by atoms with E-state index >= 15 is 0 Å². The summed E-state index contributed by atoms with van der Waals surface area (Å²) in [4.78, 5) is 26.0. The van der Waals surface area contributed by atoms with Gasteiger partial charge in [-0.05, 0) is 94.3 Å². The van der Waals surface area contributed by atoms with E-state index in [1.165, 1.54) is 0 Å². The Balaban J connectivity index is 0.000000120. The molecule has 4 aliphatic heterocycles. The van der Waals surface area contributed by atoms with E-state index in [0.29, 0.717) is 89.9 Å². The Bertz CT molecular complexity index is 2940. The predicted molar refractivity (Wildman–Crippen MR) is 179 cm³/mol. The second-order valence-corrected chi connectivity index (χ2v) is 12.0. The molecule has 8 aromatic rings. The number of ether oxygens (including phenoxy) is 8. The normalized spacial score (nSPS) is 14.7. The SMILES string of the molecule is O=c1c2cc3cc4c(cc3cc2oc2c3c(ccc12)OCO3)OCO4.O=c1c2cc3cc4c(cc3cc2oc2ccc3c(c12)OCO3)OCO4. The molecule has 4 aliphatic rings. The standard InChI is InChI=1S/2C19H10O6/c20-18-11-3-9-5-15-16(23-7-22-15)6-10(9)4-14(11)25-12-1-2-13-19(17(12)18)24-8-21-13;20-17-11-1-2-13-19(24-8-21-13)18(11)25-14-4-10-6-16-15(22-7-23-16)5-9(10)3-12(14)17/h2*1-6H,7-8H2. The molecule has 0 saturated heterocycles. The van der Waals surface area contributed by atoms with E-state index in [2.05, 4.69) is 0 Å². The number of hydrogen-bond donors (Lipinski definition) is 0. The average molecular weight is 669 g/mol. The second-order valence-electron chi connectivity index (χ2n) is 12.0. The van der Waals surface area contributed by atoms with Gasteiger partial charge in [-0.25, -0.2) is 0 Å². The van der Waals surface area contributed by atoms with Gasteiger partial charge in [0.25, 0.3) is 0 Å². The summed E-state index contributed by atoms with van der Waals surface area (Å²) in [6, 6.07) is 21.8. The lowest BCUT2D eigenvalue weighted by Gasteiger charge is -2.06. The van der Waals surface area contributed by atoms with Gasteiger partial charge in [-0.3, -0.25) is 9.59 Å². The van der Waals surface area contributed by atoms with E-state index in [9.17, 15) is 9.59 Å². The first-order chi connectivity index (χ1) is 24.6. The number of hydrogen-bond acceptors (Lipinski definition) is 12. The van der Waals surface area contributed by atoms with E-state index in [1.807, 2.05) is 48.5 Å². The Labute approximate surface area is 278 Å². The minimum Gasteiger partial charge on any atom is -0.456 e.